The normalized spacial score (nSPS) is 20.0. The van der Waals surface area contributed by atoms with Crippen LogP contribution in [0.1, 0.15) is 42.5 Å². The van der Waals surface area contributed by atoms with E-state index < -0.39 is 33.1 Å². The van der Waals surface area contributed by atoms with Crippen molar-refractivity contribution in [3.05, 3.63) is 41.6 Å². The molecule has 2 fully saturated rings. The molecule has 1 aromatic heterocycles. The van der Waals surface area contributed by atoms with E-state index in [1.165, 1.54) is 21.3 Å². The minimum Gasteiger partial charge on any atom is -0.350 e. The van der Waals surface area contributed by atoms with Crippen LogP contribution in [0.5, 0.6) is 0 Å². The molecule has 180 valence electrons. The number of halogens is 2. The van der Waals surface area contributed by atoms with E-state index in [2.05, 4.69) is 20.5 Å². The summed E-state index contributed by atoms with van der Waals surface area (Å²) in [7, 11) is -2.12. The summed E-state index contributed by atoms with van der Waals surface area (Å²) >= 11 is 0. The molecule has 0 atom stereocenters. The van der Waals surface area contributed by atoms with Crippen molar-refractivity contribution in [1.29, 1.82) is 0 Å². The van der Waals surface area contributed by atoms with Crippen molar-refractivity contribution in [2.24, 2.45) is 7.05 Å². The molecule has 1 N–H and O–H groups in total. The molecule has 1 aliphatic heterocycles. The number of nitrogens with zero attached hydrogens (tertiary/aromatic N) is 5. The SMILES string of the molecule is Cn1cc(S(=O)(=O)N2CCN(C3(CNC(=O)c4c(F)cccc4F)CCCCC3)CC2)nn1. The van der Waals surface area contributed by atoms with Crippen LogP contribution in [0.3, 0.4) is 0 Å². The monoisotopic (exact) mass is 482 g/mol. The second kappa shape index (κ2) is 9.43. The first-order valence-corrected chi connectivity index (χ1v) is 12.5. The van der Waals surface area contributed by atoms with E-state index in [4.69, 9.17) is 0 Å². The molecule has 2 aromatic rings. The quantitative estimate of drug-likeness (QED) is 0.670. The van der Waals surface area contributed by atoms with Gasteiger partial charge in [0, 0.05) is 45.3 Å². The number of amides is 1. The molecule has 4 rings (SSSR count). The van der Waals surface area contributed by atoms with Crippen molar-refractivity contribution >= 4 is 15.9 Å². The molecule has 0 spiro atoms. The van der Waals surface area contributed by atoms with Gasteiger partial charge in [0.05, 0.1) is 6.20 Å². The van der Waals surface area contributed by atoms with Gasteiger partial charge >= 0.3 is 0 Å². The van der Waals surface area contributed by atoms with E-state index in [0.717, 1.165) is 44.2 Å². The average molecular weight is 483 g/mol. The minimum absolute atomic E-state index is 0.0787. The molecule has 1 aromatic carbocycles. The van der Waals surface area contributed by atoms with Crippen LogP contribution in [0.25, 0.3) is 0 Å². The number of hydrogen-bond donors (Lipinski definition) is 1. The lowest BCUT2D eigenvalue weighted by Crippen LogP contribution is -2.62. The van der Waals surface area contributed by atoms with Gasteiger partial charge in [0.2, 0.25) is 5.03 Å². The lowest BCUT2D eigenvalue weighted by molar-refractivity contribution is 0.0239. The molecule has 1 saturated heterocycles. The van der Waals surface area contributed by atoms with Crippen LogP contribution >= 0.6 is 0 Å². The number of carbonyl (C=O) groups is 1. The number of benzene rings is 1. The fourth-order valence-corrected chi connectivity index (χ4v) is 6.18. The Balaban J connectivity index is 1.45. The van der Waals surface area contributed by atoms with Gasteiger partial charge in [0.1, 0.15) is 17.2 Å². The highest BCUT2D eigenvalue weighted by atomic mass is 32.2. The number of rotatable bonds is 6. The van der Waals surface area contributed by atoms with E-state index in [9.17, 15) is 22.0 Å². The molecule has 12 heteroatoms. The highest BCUT2D eigenvalue weighted by molar-refractivity contribution is 7.89. The maximum atomic E-state index is 14.0. The summed E-state index contributed by atoms with van der Waals surface area (Å²) < 4.78 is 56.5. The second-order valence-electron chi connectivity index (χ2n) is 8.69. The molecule has 0 radical (unpaired) electrons. The number of carbonyl (C=O) groups excluding carboxylic acids is 1. The molecule has 0 unspecified atom stereocenters. The fourth-order valence-electron chi connectivity index (χ4n) is 4.84. The zero-order valence-corrected chi connectivity index (χ0v) is 19.3. The van der Waals surface area contributed by atoms with E-state index in [1.807, 2.05) is 0 Å². The van der Waals surface area contributed by atoms with Crippen molar-refractivity contribution in [2.75, 3.05) is 32.7 Å². The van der Waals surface area contributed by atoms with Crippen LogP contribution in [-0.2, 0) is 17.1 Å². The summed E-state index contributed by atoms with van der Waals surface area (Å²) in [6, 6.07) is 3.34. The molecule has 2 heterocycles. The largest absolute Gasteiger partial charge is 0.350 e. The van der Waals surface area contributed by atoms with Crippen LogP contribution in [0.4, 0.5) is 8.78 Å². The lowest BCUT2D eigenvalue weighted by Gasteiger charge is -2.49. The highest BCUT2D eigenvalue weighted by Crippen LogP contribution is 2.34. The standard InChI is InChI=1S/C21H28F2N6O3S/c1-27-14-18(25-26-27)33(31,32)29-12-10-28(11-13-29)21(8-3-2-4-9-21)15-24-20(30)19-16(22)6-5-7-17(19)23/h5-7,14H,2-4,8-13,15H2,1H3,(H,24,30). The van der Waals surface area contributed by atoms with Crippen LogP contribution in [0, 0.1) is 11.6 Å². The molecule has 2 aliphatic rings. The predicted octanol–water partition coefficient (Wildman–Crippen LogP) is 1.53. The summed E-state index contributed by atoms with van der Waals surface area (Å²) in [5.41, 5.74) is -0.957. The first-order valence-electron chi connectivity index (χ1n) is 11.1. The maximum Gasteiger partial charge on any atom is 0.264 e. The third-order valence-electron chi connectivity index (χ3n) is 6.65. The van der Waals surface area contributed by atoms with Gasteiger partial charge in [-0.05, 0) is 25.0 Å². The number of nitrogens with one attached hydrogen (secondary N) is 1. The van der Waals surface area contributed by atoms with Crippen molar-refractivity contribution in [1.82, 2.24) is 29.5 Å². The maximum absolute atomic E-state index is 14.0. The van der Waals surface area contributed by atoms with Gasteiger partial charge in [-0.3, -0.25) is 14.4 Å². The number of aromatic nitrogens is 3. The first-order chi connectivity index (χ1) is 15.7. The molecular weight excluding hydrogens is 454 g/mol. The van der Waals surface area contributed by atoms with Crippen molar-refractivity contribution in [2.45, 2.75) is 42.7 Å². The molecule has 33 heavy (non-hydrogen) atoms. The van der Waals surface area contributed by atoms with Crippen molar-refractivity contribution in [3.8, 4) is 0 Å². The smallest absolute Gasteiger partial charge is 0.264 e. The topological polar surface area (TPSA) is 100 Å². The van der Waals surface area contributed by atoms with Crippen molar-refractivity contribution in [3.63, 3.8) is 0 Å². The van der Waals surface area contributed by atoms with Gasteiger partial charge in [-0.25, -0.2) is 17.2 Å². The summed E-state index contributed by atoms with van der Waals surface area (Å²) in [5.74, 6) is -2.57. The number of piperazine rings is 1. The first kappa shape index (κ1) is 23.7. The van der Waals surface area contributed by atoms with E-state index >= 15 is 0 Å². The molecule has 0 bridgehead atoms. The highest BCUT2D eigenvalue weighted by Gasteiger charge is 2.41. The summed E-state index contributed by atoms with van der Waals surface area (Å²) in [6.45, 7) is 1.80. The zero-order chi connectivity index (χ0) is 23.6. The molecule has 1 saturated carbocycles. The zero-order valence-electron chi connectivity index (χ0n) is 18.5. The average Bonchev–Trinajstić information content (AvgIpc) is 3.25. The van der Waals surface area contributed by atoms with Crippen molar-refractivity contribution < 1.29 is 22.0 Å². The number of sulfonamides is 1. The molecular formula is C21H28F2N6O3S. The van der Waals surface area contributed by atoms with Gasteiger partial charge in [-0.2, -0.15) is 4.31 Å². The number of hydrogen-bond acceptors (Lipinski definition) is 6. The fraction of sp³-hybridized carbons (Fsp3) is 0.571. The Kier molecular flexibility index (Phi) is 6.78. The van der Waals surface area contributed by atoms with Crippen LogP contribution in [0.15, 0.2) is 29.4 Å². The van der Waals surface area contributed by atoms with Crippen LogP contribution in [0.2, 0.25) is 0 Å². The summed E-state index contributed by atoms with van der Waals surface area (Å²) in [5, 5.41) is 10.1. The van der Waals surface area contributed by atoms with Gasteiger partial charge in [0.15, 0.2) is 0 Å². The van der Waals surface area contributed by atoms with E-state index in [1.54, 1.807) is 7.05 Å². The minimum atomic E-state index is -3.73. The van der Waals surface area contributed by atoms with E-state index in [0.29, 0.717) is 13.1 Å². The second-order valence-corrected chi connectivity index (χ2v) is 10.6. The number of aryl methyl sites for hydroxylation is 1. The predicted molar refractivity (Wildman–Crippen MR) is 116 cm³/mol. The van der Waals surface area contributed by atoms with Crippen LogP contribution in [-0.4, -0.2) is 76.8 Å². The van der Waals surface area contributed by atoms with Gasteiger partial charge in [-0.15, -0.1) is 5.10 Å². The molecule has 9 nitrogen and oxygen atoms in total. The third kappa shape index (κ3) is 4.78. The summed E-state index contributed by atoms with van der Waals surface area (Å²) in [4.78, 5) is 14.8. The van der Waals surface area contributed by atoms with E-state index in [-0.39, 0.29) is 30.2 Å². The summed E-state index contributed by atoms with van der Waals surface area (Å²) in [6.07, 6.45) is 6.05. The Bertz CT molecular complexity index is 1090. The Morgan fingerprint density at radius 3 is 2.30 bits per heavy atom. The lowest BCUT2D eigenvalue weighted by atomic mass is 9.79. The van der Waals surface area contributed by atoms with Crippen LogP contribution < -0.4 is 5.32 Å². The Hall–Kier alpha value is -2.44. The molecule has 1 aliphatic carbocycles. The van der Waals surface area contributed by atoms with Gasteiger partial charge < -0.3 is 5.32 Å². The third-order valence-corrected chi connectivity index (χ3v) is 8.41. The Morgan fingerprint density at radius 2 is 1.73 bits per heavy atom. The molecule has 1 amide bonds. The van der Waals surface area contributed by atoms with Gasteiger partial charge in [-0.1, -0.05) is 30.5 Å². The Morgan fingerprint density at radius 1 is 1.09 bits per heavy atom. The van der Waals surface area contributed by atoms with Gasteiger partial charge in [0.25, 0.3) is 15.9 Å². The Labute approximate surface area is 191 Å².